The fourth-order valence-electron chi connectivity index (χ4n) is 21.4. The Morgan fingerprint density at radius 1 is 0.276 bits per heavy atom. The van der Waals surface area contributed by atoms with Crippen LogP contribution in [-0.2, 0) is 55.6 Å². The van der Waals surface area contributed by atoms with Crippen LogP contribution in [0.5, 0.6) is 0 Å². The lowest BCUT2D eigenvalue weighted by molar-refractivity contribution is 0.0213. The molecule has 0 heterocycles. The molecular weight excluding hydrogens is 1830 g/mol. The Balaban J connectivity index is 0.000000420. The van der Waals surface area contributed by atoms with Gasteiger partial charge in [-0.25, -0.2) is 43.2 Å². The first-order valence-electron chi connectivity index (χ1n) is 57.7. The molecule has 0 aliphatic heterocycles. The SMILES string of the molecule is CC1CC(C)CC(OC(=O)NCc2ccccc2)C1.CCC(C)NC(=O)OC1CCCC(C)C1C.CCCCNC(=O)OC1CC(C)CC(C)C1.CCCCNC(=O)OC1CCC(C)C(C)C1.CCCCNC(=O)OC1CCCC(C)C1C.CCNC(=O)OC1CC(C)CC(C)C1.CCNC(=O)OC1CCC(C)C(C)C1.CCNC(=O)OC1CCCC(C)C1C.CCc1ccc(NC(=O)OC2CC(C)CC(C)C2)cc1. The van der Waals surface area contributed by atoms with Crippen molar-refractivity contribution in [1.29, 1.82) is 0 Å². The van der Waals surface area contributed by atoms with E-state index >= 15 is 0 Å². The fraction of sp³-hybridized carbons (Fsp3) is 0.822. The molecule has 27 nitrogen and oxygen atoms in total. The van der Waals surface area contributed by atoms with Crippen molar-refractivity contribution in [3.05, 3.63) is 65.7 Å². The van der Waals surface area contributed by atoms with Gasteiger partial charge in [-0.2, -0.15) is 0 Å². The number of carbonyl (C=O) groups is 9. The van der Waals surface area contributed by atoms with Crippen LogP contribution in [0.1, 0.15) is 416 Å². The standard InChI is InChI=1S/C17H25NO2.C16H23NO2.4C13H25NO2.3C11H21NO2/c1-4-14-5-7-15(8-6-14)18-17(19)20-16-10-12(2)9-13(3)11-16;1-12-8-13(2)10-15(9-12)19-16(18)17-11-14-6-4-3-5-7-14;1-5-10(3)14-13(15)16-12-8-6-7-9(2)11(12)4;1-4-5-9-14-13(15)16-12-8-6-7-10(2)11(12)3;1-4-5-8-14-13(15)16-12-7-6-10(2)11(3)9-12;1-4-5-6-14-13(15)16-12-8-10(2)7-11(3)9-12;1-4-12-11(13)14-10-6-8(2)5-9(3)7-10;1-4-12-11(13)14-10-6-5-8(2)9(3)7-10;1-4-12-11(13)14-10-7-5-6-8(2)9(10)3/h5-8,12-13,16H,4,9-11H2,1-3H3,(H,18,19);3-7,12-13,15H,8-11H2,1-2H3,(H,17,18);9-12H,5-8H2,1-4H3,(H,14,15);3*10-12H,4-9H2,1-3H3,(H,14,15);3*8-10H,4-7H2,1-3H3,(H,12,13). The van der Waals surface area contributed by atoms with Crippen LogP contribution in [-0.4, -0.2) is 155 Å². The number of unbranched alkanes of at least 4 members (excludes halogenated alkanes) is 3. The number of aryl methyl sites for hydroxylation is 1. The van der Waals surface area contributed by atoms with Crippen molar-refractivity contribution in [2.75, 3.05) is 44.6 Å². The maximum absolute atomic E-state index is 11.9. The molecule has 9 N–H and O–H groups in total. The van der Waals surface area contributed by atoms with E-state index in [9.17, 15) is 43.2 Å². The van der Waals surface area contributed by atoms with Crippen LogP contribution < -0.4 is 47.9 Å². The summed E-state index contributed by atoms with van der Waals surface area (Å²) in [7, 11) is 0. The number of anilines is 1. The normalized spacial score (nSPS) is 29.9. The molecule has 24 atom stereocenters. The lowest BCUT2D eigenvalue weighted by Crippen LogP contribution is -2.39. The number of hydrogen-bond acceptors (Lipinski definition) is 18. The lowest BCUT2D eigenvalue weighted by atomic mass is 9.79. The van der Waals surface area contributed by atoms with Gasteiger partial charge in [-0.15, -0.1) is 0 Å². The van der Waals surface area contributed by atoms with Crippen LogP contribution in [0.2, 0.25) is 0 Å². The highest BCUT2D eigenvalue weighted by Gasteiger charge is 2.37. The molecule has 0 radical (unpaired) electrons. The number of ether oxygens (including phenoxy) is 9. The minimum atomic E-state index is -0.333. The summed E-state index contributed by atoms with van der Waals surface area (Å²) in [4.78, 5) is 103. The summed E-state index contributed by atoms with van der Waals surface area (Å²) in [5, 5.41) is 24.9. The zero-order chi connectivity index (χ0) is 108. The summed E-state index contributed by atoms with van der Waals surface area (Å²) in [6.07, 6.45) is 36.7. The molecule has 145 heavy (non-hydrogen) atoms. The second-order valence-corrected chi connectivity index (χ2v) is 45.4. The highest BCUT2D eigenvalue weighted by molar-refractivity contribution is 5.84. The van der Waals surface area contributed by atoms with E-state index in [1.165, 1.54) is 82.6 Å². The summed E-state index contributed by atoms with van der Waals surface area (Å²) in [5.74, 6) is 11.6. The van der Waals surface area contributed by atoms with Gasteiger partial charge in [0.1, 0.15) is 54.9 Å². The van der Waals surface area contributed by atoms with Gasteiger partial charge < -0.3 is 85.2 Å². The van der Waals surface area contributed by atoms with E-state index in [0.29, 0.717) is 121 Å². The molecule has 0 bridgehead atoms. The van der Waals surface area contributed by atoms with Crippen LogP contribution in [0.25, 0.3) is 0 Å². The summed E-state index contributed by atoms with van der Waals surface area (Å²) in [6.45, 7) is 62.9. The summed E-state index contributed by atoms with van der Waals surface area (Å²) < 4.78 is 48.8. The van der Waals surface area contributed by atoms with Crippen molar-refractivity contribution in [2.45, 2.75) is 479 Å². The highest BCUT2D eigenvalue weighted by Crippen LogP contribution is 2.39. The van der Waals surface area contributed by atoms with Gasteiger partial charge in [-0.3, -0.25) is 5.32 Å². The molecule has 2 aromatic carbocycles. The third kappa shape index (κ3) is 59.2. The summed E-state index contributed by atoms with van der Waals surface area (Å²) in [6, 6.07) is 18.0. The van der Waals surface area contributed by atoms with E-state index in [1.54, 1.807) is 0 Å². The van der Waals surface area contributed by atoms with Gasteiger partial charge in [0.2, 0.25) is 0 Å². The second kappa shape index (κ2) is 75.5. The molecule has 24 unspecified atom stereocenters. The molecule has 2 aromatic rings. The summed E-state index contributed by atoms with van der Waals surface area (Å²) in [5.41, 5.74) is 3.15. The highest BCUT2D eigenvalue weighted by atomic mass is 16.6. The van der Waals surface area contributed by atoms with Crippen molar-refractivity contribution in [3.63, 3.8) is 0 Å². The van der Waals surface area contributed by atoms with Gasteiger partial charge in [0.05, 0.1) is 0 Å². The first-order chi connectivity index (χ1) is 69.0. The Bertz CT molecular complexity index is 3750. The van der Waals surface area contributed by atoms with Gasteiger partial charge in [0.15, 0.2) is 0 Å². The molecule has 9 amide bonds. The maximum Gasteiger partial charge on any atom is 0.411 e. The molecule has 836 valence electrons. The molecule has 0 saturated heterocycles. The largest absolute Gasteiger partial charge is 0.446 e. The van der Waals surface area contributed by atoms with Crippen molar-refractivity contribution in [1.82, 2.24) is 42.5 Å². The zero-order valence-corrected chi connectivity index (χ0v) is 95.9. The van der Waals surface area contributed by atoms with Crippen LogP contribution >= 0.6 is 0 Å². The smallest absolute Gasteiger partial charge is 0.411 e. The molecule has 9 saturated carbocycles. The molecule has 27 heteroatoms. The van der Waals surface area contributed by atoms with Crippen LogP contribution in [0, 0.1) is 107 Å². The van der Waals surface area contributed by atoms with Crippen molar-refractivity contribution in [3.8, 4) is 0 Å². The van der Waals surface area contributed by atoms with Crippen LogP contribution in [0.3, 0.4) is 0 Å². The fourth-order valence-corrected chi connectivity index (χ4v) is 21.4. The number of amides is 9. The number of nitrogens with one attached hydrogen (secondary N) is 9. The molecular formula is C118H211N9O18. The first kappa shape index (κ1) is 131. The van der Waals surface area contributed by atoms with Gasteiger partial charge in [0.25, 0.3) is 0 Å². The van der Waals surface area contributed by atoms with Gasteiger partial charge in [-0.1, -0.05) is 240 Å². The Morgan fingerprint density at radius 2 is 0.566 bits per heavy atom. The molecule has 9 aliphatic carbocycles. The van der Waals surface area contributed by atoms with Crippen molar-refractivity contribution in [2.24, 2.45) is 107 Å². The van der Waals surface area contributed by atoms with Crippen LogP contribution in [0.15, 0.2) is 54.6 Å². The van der Waals surface area contributed by atoms with E-state index in [0.717, 1.165) is 190 Å². The first-order valence-corrected chi connectivity index (χ1v) is 57.7. The van der Waals surface area contributed by atoms with E-state index in [2.05, 4.69) is 207 Å². The molecule has 0 aromatic heterocycles. The summed E-state index contributed by atoms with van der Waals surface area (Å²) >= 11 is 0. The molecule has 0 spiro atoms. The minimum absolute atomic E-state index is 0.0589. The predicted molar refractivity (Wildman–Crippen MR) is 587 cm³/mol. The number of hydrogen-bond donors (Lipinski definition) is 9. The molecule has 11 rings (SSSR count). The van der Waals surface area contributed by atoms with Crippen molar-refractivity contribution >= 4 is 60.5 Å². The third-order valence-electron chi connectivity index (χ3n) is 31.2. The average Bonchev–Trinajstić information content (AvgIpc) is 0.857. The number of carbonyl (C=O) groups excluding carboxylic acids is 9. The van der Waals surface area contributed by atoms with E-state index in [4.69, 9.17) is 42.6 Å². The number of benzene rings is 2. The average molecular weight is 2040 g/mol. The topological polar surface area (TPSA) is 345 Å². The second-order valence-electron chi connectivity index (χ2n) is 45.4. The van der Waals surface area contributed by atoms with Crippen LogP contribution in [0.4, 0.5) is 48.8 Å². The zero-order valence-electron chi connectivity index (χ0n) is 95.9. The Morgan fingerprint density at radius 3 is 0.869 bits per heavy atom. The monoisotopic (exact) mass is 2040 g/mol. The lowest BCUT2D eigenvalue weighted by Gasteiger charge is -2.33. The minimum Gasteiger partial charge on any atom is -0.446 e. The number of rotatable bonds is 27. The van der Waals surface area contributed by atoms with E-state index in [-0.39, 0.29) is 116 Å². The van der Waals surface area contributed by atoms with Gasteiger partial charge >= 0.3 is 54.8 Å². The Kier molecular flexibility index (Phi) is 68.3. The number of alkyl carbamates (subject to hydrolysis) is 8. The predicted octanol–water partition coefficient (Wildman–Crippen LogP) is 29.4. The van der Waals surface area contributed by atoms with E-state index < -0.39 is 0 Å². The molecule has 9 fully saturated rings. The Labute approximate surface area is 880 Å². The van der Waals surface area contributed by atoms with E-state index in [1.807, 2.05) is 82.3 Å². The molecule has 9 aliphatic rings. The van der Waals surface area contributed by atoms with Crippen molar-refractivity contribution < 1.29 is 85.8 Å². The maximum atomic E-state index is 11.9. The van der Waals surface area contributed by atoms with Gasteiger partial charge in [-0.05, 0) is 344 Å². The Hall–Kier alpha value is -8.13. The van der Waals surface area contributed by atoms with Gasteiger partial charge in [0, 0.05) is 57.5 Å². The quantitative estimate of drug-likeness (QED) is 0.0296. The third-order valence-corrected chi connectivity index (χ3v) is 31.2.